The number of rotatable bonds is 19. The lowest BCUT2D eigenvalue weighted by Crippen LogP contribution is -2.17. The van der Waals surface area contributed by atoms with Crippen LogP contribution in [0.3, 0.4) is 0 Å². The maximum absolute atomic E-state index is 12.4. The van der Waals surface area contributed by atoms with Crippen LogP contribution in [-0.2, 0) is 9.47 Å². The van der Waals surface area contributed by atoms with Gasteiger partial charge in [-0.3, -0.25) is 0 Å². The second-order valence-electron chi connectivity index (χ2n) is 9.09. The molecule has 0 unspecified atom stereocenters. The van der Waals surface area contributed by atoms with Crippen LogP contribution in [0.15, 0.2) is 24.3 Å². The Bertz CT molecular complexity index is 624. The third kappa shape index (κ3) is 13.5. The van der Waals surface area contributed by atoms with Crippen LogP contribution in [0.5, 0.6) is 0 Å². The quantitative estimate of drug-likeness (QED) is 0.158. The Kier molecular flexibility index (Phi) is 16.5. The van der Waals surface area contributed by atoms with E-state index >= 15 is 0 Å². The molecule has 0 saturated heterocycles. The van der Waals surface area contributed by atoms with Crippen LogP contribution in [0, 0.1) is 0 Å². The molecule has 0 amide bonds. The Morgan fingerprint density at radius 1 is 0.656 bits per heavy atom. The first kappa shape index (κ1) is 28.2. The van der Waals surface area contributed by atoms with E-state index in [1.807, 2.05) is 0 Å². The maximum Gasteiger partial charge on any atom is 0.339 e. The summed E-state index contributed by atoms with van der Waals surface area (Å²) in [6.07, 6.45) is 19.3. The predicted octanol–water partition coefficient (Wildman–Crippen LogP) is 8.28. The zero-order valence-corrected chi connectivity index (χ0v) is 20.8. The number of benzene rings is 1. The SMILES string of the molecule is CCCCCCCCCCCCCCCCCOC(=O)c1ccccc1C(=O)OC(C)C. The molecule has 0 atom stereocenters. The van der Waals surface area contributed by atoms with Crippen molar-refractivity contribution >= 4 is 11.9 Å². The van der Waals surface area contributed by atoms with Gasteiger partial charge >= 0.3 is 11.9 Å². The summed E-state index contributed by atoms with van der Waals surface area (Å²) in [6, 6.07) is 6.68. The number of esters is 2. The van der Waals surface area contributed by atoms with E-state index < -0.39 is 11.9 Å². The van der Waals surface area contributed by atoms with Crippen LogP contribution in [0.25, 0.3) is 0 Å². The van der Waals surface area contributed by atoms with Crippen LogP contribution >= 0.6 is 0 Å². The van der Waals surface area contributed by atoms with E-state index in [-0.39, 0.29) is 17.2 Å². The standard InChI is InChI=1S/C28H46O4/c1-4-5-6-7-8-9-10-11-12-13-14-15-16-17-20-23-31-27(29)25-21-18-19-22-26(25)28(30)32-24(2)3/h18-19,21-22,24H,4-17,20,23H2,1-3H3. The first-order valence-corrected chi connectivity index (χ1v) is 13.0. The minimum absolute atomic E-state index is 0.230. The Morgan fingerprint density at radius 2 is 1.06 bits per heavy atom. The van der Waals surface area contributed by atoms with Crippen molar-refractivity contribution in [1.82, 2.24) is 0 Å². The summed E-state index contributed by atoms with van der Waals surface area (Å²) in [5, 5.41) is 0. The topological polar surface area (TPSA) is 52.6 Å². The van der Waals surface area contributed by atoms with Gasteiger partial charge in [-0.15, -0.1) is 0 Å². The van der Waals surface area contributed by atoms with E-state index in [2.05, 4.69) is 6.92 Å². The van der Waals surface area contributed by atoms with Crippen molar-refractivity contribution in [3.05, 3.63) is 35.4 Å². The van der Waals surface area contributed by atoms with E-state index in [0.717, 1.165) is 12.8 Å². The lowest BCUT2D eigenvalue weighted by atomic mass is 10.0. The van der Waals surface area contributed by atoms with Gasteiger partial charge in [0.2, 0.25) is 0 Å². The van der Waals surface area contributed by atoms with Gasteiger partial charge in [0.15, 0.2) is 0 Å². The molecule has 0 bridgehead atoms. The van der Waals surface area contributed by atoms with Crippen molar-refractivity contribution in [1.29, 1.82) is 0 Å². The lowest BCUT2D eigenvalue weighted by Gasteiger charge is -2.11. The molecule has 0 aliphatic carbocycles. The fourth-order valence-corrected chi connectivity index (χ4v) is 3.83. The molecular formula is C28H46O4. The minimum atomic E-state index is -0.487. The second-order valence-corrected chi connectivity index (χ2v) is 9.09. The van der Waals surface area contributed by atoms with Crippen molar-refractivity contribution in [2.75, 3.05) is 6.61 Å². The molecule has 0 aliphatic heterocycles. The Balaban J connectivity index is 2.03. The summed E-state index contributed by atoms with van der Waals surface area (Å²) >= 11 is 0. The first-order chi connectivity index (χ1) is 15.6. The fourth-order valence-electron chi connectivity index (χ4n) is 3.83. The van der Waals surface area contributed by atoms with Crippen LogP contribution < -0.4 is 0 Å². The Labute approximate surface area is 196 Å². The summed E-state index contributed by atoms with van der Waals surface area (Å²) in [4.78, 5) is 24.5. The van der Waals surface area contributed by atoms with Crippen molar-refractivity contribution in [3.63, 3.8) is 0 Å². The minimum Gasteiger partial charge on any atom is -0.462 e. The van der Waals surface area contributed by atoms with Gasteiger partial charge in [0.05, 0.1) is 23.8 Å². The van der Waals surface area contributed by atoms with E-state index in [1.54, 1.807) is 38.1 Å². The van der Waals surface area contributed by atoms with Crippen molar-refractivity contribution in [2.24, 2.45) is 0 Å². The van der Waals surface area contributed by atoms with Gasteiger partial charge in [-0.25, -0.2) is 9.59 Å². The zero-order valence-electron chi connectivity index (χ0n) is 20.8. The molecule has 0 heterocycles. The van der Waals surface area contributed by atoms with Crippen LogP contribution in [0.4, 0.5) is 0 Å². The van der Waals surface area contributed by atoms with E-state index in [0.29, 0.717) is 6.61 Å². The largest absolute Gasteiger partial charge is 0.462 e. The normalized spacial score (nSPS) is 11.0. The van der Waals surface area contributed by atoms with Crippen molar-refractivity contribution < 1.29 is 19.1 Å². The summed E-state index contributed by atoms with van der Waals surface area (Å²) in [6.45, 7) is 6.24. The molecule has 4 heteroatoms. The first-order valence-electron chi connectivity index (χ1n) is 13.0. The van der Waals surface area contributed by atoms with Gasteiger partial charge in [0.1, 0.15) is 0 Å². The van der Waals surface area contributed by atoms with Crippen LogP contribution in [-0.4, -0.2) is 24.6 Å². The molecule has 0 spiro atoms. The third-order valence-corrected chi connectivity index (χ3v) is 5.69. The monoisotopic (exact) mass is 446 g/mol. The van der Waals surface area contributed by atoms with E-state index in [1.165, 1.54) is 83.5 Å². The molecule has 0 aliphatic rings. The zero-order chi connectivity index (χ0) is 23.4. The number of unbranched alkanes of at least 4 members (excludes halogenated alkanes) is 14. The number of carbonyl (C=O) groups is 2. The van der Waals surface area contributed by atoms with Gasteiger partial charge in [-0.05, 0) is 32.4 Å². The molecule has 1 aromatic carbocycles. The molecule has 1 rings (SSSR count). The van der Waals surface area contributed by atoms with Crippen LogP contribution in [0.2, 0.25) is 0 Å². The molecule has 0 aromatic heterocycles. The smallest absolute Gasteiger partial charge is 0.339 e. The fraction of sp³-hybridized carbons (Fsp3) is 0.714. The molecule has 1 aromatic rings. The number of ether oxygens (including phenoxy) is 2. The Hall–Kier alpha value is -1.84. The molecule has 0 N–H and O–H groups in total. The van der Waals surface area contributed by atoms with E-state index in [9.17, 15) is 9.59 Å². The lowest BCUT2D eigenvalue weighted by molar-refractivity contribution is 0.0360. The molecule has 182 valence electrons. The summed E-state index contributed by atoms with van der Waals surface area (Å²) in [5.41, 5.74) is 0.543. The van der Waals surface area contributed by atoms with Crippen molar-refractivity contribution in [2.45, 2.75) is 123 Å². The number of carbonyl (C=O) groups excluding carboxylic acids is 2. The Morgan fingerprint density at radius 3 is 1.50 bits per heavy atom. The molecule has 0 radical (unpaired) electrons. The highest BCUT2D eigenvalue weighted by Gasteiger charge is 2.19. The summed E-state index contributed by atoms with van der Waals surface area (Å²) in [5.74, 6) is -0.939. The number of hydrogen-bond donors (Lipinski definition) is 0. The van der Waals surface area contributed by atoms with Gasteiger partial charge < -0.3 is 9.47 Å². The summed E-state index contributed by atoms with van der Waals surface area (Å²) in [7, 11) is 0. The van der Waals surface area contributed by atoms with Gasteiger partial charge in [0, 0.05) is 0 Å². The highest BCUT2D eigenvalue weighted by atomic mass is 16.5. The molecule has 32 heavy (non-hydrogen) atoms. The maximum atomic E-state index is 12.4. The van der Waals surface area contributed by atoms with Gasteiger partial charge in [-0.1, -0.05) is 109 Å². The van der Waals surface area contributed by atoms with Crippen molar-refractivity contribution in [3.8, 4) is 0 Å². The molecule has 0 saturated carbocycles. The average Bonchev–Trinajstić information content (AvgIpc) is 2.78. The molecule has 0 fully saturated rings. The third-order valence-electron chi connectivity index (χ3n) is 5.69. The highest BCUT2D eigenvalue weighted by Crippen LogP contribution is 2.15. The second kappa shape index (κ2) is 18.7. The highest BCUT2D eigenvalue weighted by molar-refractivity contribution is 6.03. The predicted molar refractivity (Wildman–Crippen MR) is 132 cm³/mol. The van der Waals surface area contributed by atoms with Crippen LogP contribution in [0.1, 0.15) is 138 Å². The van der Waals surface area contributed by atoms with E-state index in [4.69, 9.17) is 9.47 Å². The summed E-state index contributed by atoms with van der Waals surface area (Å²) < 4.78 is 10.6. The molecular weight excluding hydrogens is 400 g/mol. The average molecular weight is 447 g/mol. The van der Waals surface area contributed by atoms with Gasteiger partial charge in [-0.2, -0.15) is 0 Å². The van der Waals surface area contributed by atoms with Gasteiger partial charge in [0.25, 0.3) is 0 Å². The molecule has 4 nitrogen and oxygen atoms in total. The number of hydrogen-bond acceptors (Lipinski definition) is 4.